The third kappa shape index (κ3) is 4.00. The second-order valence-corrected chi connectivity index (χ2v) is 3.73. The Balaban J connectivity index is 2.17. The number of nitrogens with one attached hydrogen (secondary N) is 1. The maximum Gasteiger partial charge on any atom is 0.282 e. The van der Waals surface area contributed by atoms with Gasteiger partial charge < -0.3 is 10.4 Å². The van der Waals surface area contributed by atoms with Gasteiger partial charge in [-0.1, -0.05) is 19.3 Å². The van der Waals surface area contributed by atoms with Crippen molar-refractivity contribution in [2.75, 3.05) is 13.2 Å². The van der Waals surface area contributed by atoms with Crippen LogP contribution in [0.2, 0.25) is 0 Å². The summed E-state index contributed by atoms with van der Waals surface area (Å²) in [5.74, 6) is -2.96. The maximum atomic E-state index is 12.6. The van der Waals surface area contributed by atoms with Crippen molar-refractivity contribution in [1.29, 1.82) is 0 Å². The number of rotatable bonds is 4. The smallest absolute Gasteiger partial charge is 0.282 e. The van der Waals surface area contributed by atoms with Crippen molar-refractivity contribution in [3.8, 4) is 0 Å². The minimum Gasteiger partial charge on any atom is -0.390 e. The molecule has 0 unspecified atom stereocenters. The summed E-state index contributed by atoms with van der Waals surface area (Å²) in [4.78, 5) is 0. The van der Waals surface area contributed by atoms with E-state index in [0.717, 1.165) is 25.7 Å². The lowest BCUT2D eigenvalue weighted by Gasteiger charge is -2.24. The van der Waals surface area contributed by atoms with Gasteiger partial charge in [0, 0.05) is 6.04 Å². The maximum absolute atomic E-state index is 12.6. The van der Waals surface area contributed by atoms with E-state index in [-0.39, 0.29) is 6.04 Å². The predicted octanol–water partition coefficient (Wildman–Crippen LogP) is 1.54. The predicted molar refractivity (Wildman–Crippen MR) is 46.9 cm³/mol. The van der Waals surface area contributed by atoms with Gasteiger partial charge in [-0.2, -0.15) is 0 Å². The Morgan fingerprint density at radius 3 is 2.38 bits per heavy atom. The SMILES string of the molecule is OCC(F)(F)CNC1CCCCC1. The third-order valence-corrected chi connectivity index (χ3v) is 2.49. The summed E-state index contributed by atoms with van der Waals surface area (Å²) in [6, 6.07) is 0.228. The van der Waals surface area contributed by atoms with Crippen molar-refractivity contribution in [2.45, 2.75) is 44.1 Å². The minimum absolute atomic E-state index is 0.228. The molecule has 4 heteroatoms. The molecule has 1 saturated carbocycles. The van der Waals surface area contributed by atoms with E-state index in [1.54, 1.807) is 0 Å². The molecule has 0 radical (unpaired) electrons. The number of aliphatic hydroxyl groups excluding tert-OH is 1. The molecule has 1 fully saturated rings. The van der Waals surface area contributed by atoms with Crippen LogP contribution in [0.1, 0.15) is 32.1 Å². The zero-order chi connectivity index (χ0) is 9.73. The van der Waals surface area contributed by atoms with Gasteiger partial charge in [-0.15, -0.1) is 0 Å². The fourth-order valence-corrected chi connectivity index (χ4v) is 1.66. The lowest BCUT2D eigenvalue weighted by molar-refractivity contribution is -0.0499. The highest BCUT2D eigenvalue weighted by molar-refractivity contribution is 4.76. The molecule has 0 heterocycles. The molecule has 0 spiro atoms. The Kier molecular flexibility index (Phi) is 4.06. The summed E-state index contributed by atoms with van der Waals surface area (Å²) in [5.41, 5.74) is 0. The first-order valence-electron chi connectivity index (χ1n) is 4.86. The second-order valence-electron chi connectivity index (χ2n) is 3.73. The average molecular weight is 193 g/mol. The Morgan fingerprint density at radius 2 is 1.85 bits per heavy atom. The summed E-state index contributed by atoms with van der Waals surface area (Å²) in [7, 11) is 0. The Labute approximate surface area is 77.3 Å². The normalized spacial score (nSPS) is 20.5. The molecule has 78 valence electrons. The molecule has 1 aliphatic carbocycles. The van der Waals surface area contributed by atoms with E-state index < -0.39 is 19.1 Å². The van der Waals surface area contributed by atoms with Crippen molar-refractivity contribution in [1.82, 2.24) is 5.32 Å². The molecule has 13 heavy (non-hydrogen) atoms. The fourth-order valence-electron chi connectivity index (χ4n) is 1.66. The van der Waals surface area contributed by atoms with E-state index in [0.29, 0.717) is 0 Å². The Bertz CT molecular complexity index is 147. The number of halogens is 2. The highest BCUT2D eigenvalue weighted by Crippen LogP contribution is 2.18. The molecule has 0 amide bonds. The van der Waals surface area contributed by atoms with Crippen LogP contribution < -0.4 is 5.32 Å². The molecular weight excluding hydrogens is 176 g/mol. The van der Waals surface area contributed by atoms with Gasteiger partial charge in [0.2, 0.25) is 0 Å². The van der Waals surface area contributed by atoms with Crippen molar-refractivity contribution in [2.24, 2.45) is 0 Å². The molecule has 2 N–H and O–H groups in total. The van der Waals surface area contributed by atoms with Gasteiger partial charge in [-0.3, -0.25) is 0 Å². The van der Waals surface area contributed by atoms with Crippen LogP contribution in [0.4, 0.5) is 8.78 Å². The van der Waals surface area contributed by atoms with Gasteiger partial charge in [0.15, 0.2) is 0 Å². The first-order chi connectivity index (χ1) is 6.14. The highest BCUT2D eigenvalue weighted by atomic mass is 19.3. The Hall–Kier alpha value is -0.220. The number of hydrogen-bond donors (Lipinski definition) is 2. The van der Waals surface area contributed by atoms with E-state index in [1.807, 2.05) is 0 Å². The lowest BCUT2D eigenvalue weighted by Crippen LogP contribution is -2.41. The van der Waals surface area contributed by atoms with Crippen molar-refractivity contribution in [3.63, 3.8) is 0 Å². The summed E-state index contributed by atoms with van der Waals surface area (Å²) in [6.07, 6.45) is 5.45. The first kappa shape index (κ1) is 10.9. The summed E-state index contributed by atoms with van der Waals surface area (Å²) >= 11 is 0. The fraction of sp³-hybridized carbons (Fsp3) is 1.00. The molecule has 0 aromatic carbocycles. The monoisotopic (exact) mass is 193 g/mol. The van der Waals surface area contributed by atoms with Crippen LogP contribution in [0.5, 0.6) is 0 Å². The van der Waals surface area contributed by atoms with Crippen molar-refractivity contribution in [3.05, 3.63) is 0 Å². The molecule has 1 aliphatic rings. The summed E-state index contributed by atoms with van der Waals surface area (Å²) < 4.78 is 25.2. The molecule has 1 rings (SSSR count). The largest absolute Gasteiger partial charge is 0.390 e. The third-order valence-electron chi connectivity index (χ3n) is 2.49. The molecule has 0 aromatic rings. The molecule has 0 saturated heterocycles. The quantitative estimate of drug-likeness (QED) is 0.709. The van der Waals surface area contributed by atoms with Gasteiger partial charge in [-0.25, -0.2) is 8.78 Å². The molecule has 0 atom stereocenters. The molecule has 2 nitrogen and oxygen atoms in total. The van der Waals surface area contributed by atoms with Crippen LogP contribution in [0.15, 0.2) is 0 Å². The zero-order valence-corrected chi connectivity index (χ0v) is 7.73. The van der Waals surface area contributed by atoms with Gasteiger partial charge in [-0.05, 0) is 12.8 Å². The zero-order valence-electron chi connectivity index (χ0n) is 7.73. The number of alkyl halides is 2. The van der Waals surface area contributed by atoms with E-state index in [9.17, 15) is 8.78 Å². The number of aliphatic hydroxyl groups is 1. The van der Waals surface area contributed by atoms with Gasteiger partial charge in [0.1, 0.15) is 6.61 Å². The van der Waals surface area contributed by atoms with Gasteiger partial charge in [0.25, 0.3) is 5.92 Å². The average Bonchev–Trinajstić information content (AvgIpc) is 2.17. The number of hydrogen-bond acceptors (Lipinski definition) is 2. The minimum atomic E-state index is -2.96. The topological polar surface area (TPSA) is 32.3 Å². The Morgan fingerprint density at radius 1 is 1.23 bits per heavy atom. The second kappa shape index (κ2) is 4.86. The molecule has 0 aliphatic heterocycles. The van der Waals surface area contributed by atoms with Crippen molar-refractivity contribution >= 4 is 0 Å². The van der Waals surface area contributed by atoms with Crippen LogP contribution in [0.25, 0.3) is 0 Å². The first-order valence-corrected chi connectivity index (χ1v) is 4.86. The summed E-state index contributed by atoms with van der Waals surface area (Å²) in [6.45, 7) is -1.46. The standard InChI is InChI=1S/C9H17F2NO/c10-9(11,7-13)6-12-8-4-2-1-3-5-8/h8,12-13H,1-7H2. The lowest BCUT2D eigenvalue weighted by atomic mass is 9.95. The molecule has 0 bridgehead atoms. The van der Waals surface area contributed by atoms with Crippen LogP contribution in [0, 0.1) is 0 Å². The molecular formula is C9H17F2NO. The van der Waals surface area contributed by atoms with Crippen LogP contribution in [-0.4, -0.2) is 30.2 Å². The molecule has 0 aromatic heterocycles. The van der Waals surface area contributed by atoms with Crippen molar-refractivity contribution < 1.29 is 13.9 Å². The van der Waals surface area contributed by atoms with E-state index in [1.165, 1.54) is 6.42 Å². The summed E-state index contributed by atoms with van der Waals surface area (Å²) in [5, 5.41) is 11.1. The van der Waals surface area contributed by atoms with Gasteiger partial charge in [0.05, 0.1) is 6.54 Å². The van der Waals surface area contributed by atoms with Crippen LogP contribution in [-0.2, 0) is 0 Å². The van der Waals surface area contributed by atoms with Gasteiger partial charge >= 0.3 is 0 Å². The highest BCUT2D eigenvalue weighted by Gasteiger charge is 2.28. The van der Waals surface area contributed by atoms with E-state index in [4.69, 9.17) is 5.11 Å². The van der Waals surface area contributed by atoms with Crippen LogP contribution in [0.3, 0.4) is 0 Å². The van der Waals surface area contributed by atoms with Crippen LogP contribution >= 0.6 is 0 Å². The van der Waals surface area contributed by atoms with E-state index >= 15 is 0 Å². The van der Waals surface area contributed by atoms with E-state index in [2.05, 4.69) is 5.32 Å².